The molecule has 0 atom stereocenters. The maximum Gasteiger partial charge on any atom is 0.230 e. The second-order valence-corrected chi connectivity index (χ2v) is 8.67. The Bertz CT molecular complexity index is 1060. The van der Waals surface area contributed by atoms with Gasteiger partial charge in [-0.05, 0) is 29.9 Å². The lowest BCUT2D eigenvalue weighted by Crippen LogP contribution is -2.24. The van der Waals surface area contributed by atoms with Crippen molar-refractivity contribution in [2.24, 2.45) is 0 Å². The molecule has 4 rings (SSSR count). The average Bonchev–Trinajstić information content (AvgIpc) is 3.35. The van der Waals surface area contributed by atoms with Crippen molar-refractivity contribution in [2.75, 3.05) is 5.75 Å². The molecule has 8 heteroatoms. The lowest BCUT2D eigenvalue weighted by atomic mass is 10.1. The first-order valence-corrected chi connectivity index (χ1v) is 10.9. The summed E-state index contributed by atoms with van der Waals surface area (Å²) < 4.78 is 5.50. The summed E-state index contributed by atoms with van der Waals surface area (Å²) in [4.78, 5) is 22.0. The second kappa shape index (κ2) is 8.16. The molecule has 0 spiro atoms. The average molecular weight is 413 g/mol. The van der Waals surface area contributed by atoms with Gasteiger partial charge < -0.3 is 5.32 Å². The summed E-state index contributed by atoms with van der Waals surface area (Å²) in [6.45, 7) is 2.62. The number of thioether (sulfide) groups is 1. The molecule has 0 aliphatic heterocycles. The Morgan fingerprint density at radius 1 is 1.19 bits per heavy atom. The monoisotopic (exact) mass is 412 g/mol. The van der Waals surface area contributed by atoms with Crippen LogP contribution in [0.15, 0.2) is 53.1 Å². The predicted octanol–water partition coefficient (Wildman–Crippen LogP) is 4.53. The molecule has 0 aliphatic rings. The van der Waals surface area contributed by atoms with Crippen molar-refractivity contribution >= 4 is 50.8 Å². The highest BCUT2D eigenvalue weighted by Crippen LogP contribution is 2.34. The minimum atomic E-state index is -0.0107. The predicted molar refractivity (Wildman–Crippen MR) is 112 cm³/mol. The SMILES string of the molecule is Cc1ccc(-c2nsc3c(SCC(=O)NCc4cccs4)ncnc23)cc1. The minimum Gasteiger partial charge on any atom is -0.350 e. The van der Waals surface area contributed by atoms with Gasteiger partial charge in [-0.1, -0.05) is 47.7 Å². The molecule has 0 radical (unpaired) electrons. The zero-order valence-electron chi connectivity index (χ0n) is 14.5. The number of nitrogens with one attached hydrogen (secondary N) is 1. The highest BCUT2D eigenvalue weighted by Gasteiger charge is 2.15. The van der Waals surface area contributed by atoms with Crippen molar-refractivity contribution in [1.29, 1.82) is 0 Å². The fraction of sp³-hybridized carbons (Fsp3) is 0.158. The van der Waals surface area contributed by atoms with Gasteiger partial charge in [0, 0.05) is 10.4 Å². The fourth-order valence-electron chi connectivity index (χ4n) is 2.53. The Labute approximate surface area is 169 Å². The van der Waals surface area contributed by atoms with Crippen LogP contribution in [0, 0.1) is 6.92 Å². The Hall–Kier alpha value is -2.29. The van der Waals surface area contributed by atoms with Gasteiger partial charge in [0.1, 0.15) is 27.3 Å². The van der Waals surface area contributed by atoms with Crippen LogP contribution in [0.3, 0.4) is 0 Å². The molecule has 0 unspecified atom stereocenters. The van der Waals surface area contributed by atoms with E-state index in [1.54, 1.807) is 17.7 Å². The normalized spacial score (nSPS) is 11.0. The third-order valence-electron chi connectivity index (χ3n) is 3.93. The second-order valence-electron chi connectivity index (χ2n) is 5.90. The molecule has 1 N–H and O–H groups in total. The van der Waals surface area contributed by atoms with Crippen LogP contribution in [-0.2, 0) is 11.3 Å². The Morgan fingerprint density at radius 3 is 2.81 bits per heavy atom. The maximum atomic E-state index is 12.1. The van der Waals surface area contributed by atoms with Gasteiger partial charge in [0.15, 0.2) is 0 Å². The van der Waals surface area contributed by atoms with Gasteiger partial charge in [-0.3, -0.25) is 4.79 Å². The number of carbonyl (C=O) groups excluding carboxylic acids is 1. The number of nitrogens with zero attached hydrogens (tertiary/aromatic N) is 3. The minimum absolute atomic E-state index is 0.0107. The summed E-state index contributed by atoms with van der Waals surface area (Å²) in [5, 5.41) is 5.73. The lowest BCUT2D eigenvalue weighted by molar-refractivity contribution is -0.118. The third-order valence-corrected chi connectivity index (χ3v) is 6.77. The molecule has 1 amide bonds. The Balaban J connectivity index is 1.48. The number of benzene rings is 1. The van der Waals surface area contributed by atoms with E-state index in [4.69, 9.17) is 0 Å². The van der Waals surface area contributed by atoms with Crippen LogP contribution in [0.25, 0.3) is 21.5 Å². The molecule has 27 heavy (non-hydrogen) atoms. The molecule has 136 valence electrons. The number of amides is 1. The van der Waals surface area contributed by atoms with E-state index in [0.717, 1.165) is 31.4 Å². The van der Waals surface area contributed by atoms with E-state index < -0.39 is 0 Å². The van der Waals surface area contributed by atoms with E-state index in [9.17, 15) is 4.79 Å². The summed E-state index contributed by atoms with van der Waals surface area (Å²) >= 11 is 4.43. The van der Waals surface area contributed by atoms with E-state index in [0.29, 0.717) is 12.3 Å². The smallest absolute Gasteiger partial charge is 0.230 e. The molecule has 3 aromatic heterocycles. The Morgan fingerprint density at radius 2 is 2.04 bits per heavy atom. The molecule has 0 saturated carbocycles. The van der Waals surface area contributed by atoms with E-state index in [1.807, 2.05) is 17.5 Å². The maximum absolute atomic E-state index is 12.1. The molecule has 0 fully saturated rings. The number of thiophene rings is 1. The summed E-state index contributed by atoms with van der Waals surface area (Å²) in [5.41, 5.74) is 3.94. The van der Waals surface area contributed by atoms with Gasteiger partial charge in [-0.25, -0.2) is 9.97 Å². The van der Waals surface area contributed by atoms with Gasteiger partial charge in [0.05, 0.1) is 12.3 Å². The van der Waals surface area contributed by atoms with Gasteiger partial charge >= 0.3 is 0 Å². The Kier molecular flexibility index (Phi) is 5.47. The zero-order chi connectivity index (χ0) is 18.6. The number of rotatable bonds is 6. The van der Waals surface area contributed by atoms with Gasteiger partial charge in [-0.2, -0.15) is 4.37 Å². The summed E-state index contributed by atoms with van der Waals surface area (Å²) in [5.74, 6) is 0.304. The standard InChI is InChI=1S/C19H16N4OS3/c1-12-4-6-13(7-5-12)16-17-18(27-23-16)19(22-11-21-17)26-10-15(24)20-9-14-3-2-8-25-14/h2-8,11H,9-10H2,1H3,(H,20,24). The number of hydrogen-bond acceptors (Lipinski definition) is 7. The number of fused-ring (bicyclic) bond motifs is 1. The number of carbonyl (C=O) groups is 1. The first-order valence-electron chi connectivity index (χ1n) is 8.30. The summed E-state index contributed by atoms with van der Waals surface area (Å²) in [6.07, 6.45) is 1.54. The van der Waals surface area contributed by atoms with Crippen LogP contribution in [0.4, 0.5) is 0 Å². The molecule has 0 saturated heterocycles. The van der Waals surface area contributed by atoms with Gasteiger partial charge in [0.2, 0.25) is 5.91 Å². The number of aryl methyl sites for hydroxylation is 1. The van der Waals surface area contributed by atoms with E-state index in [2.05, 4.69) is 50.8 Å². The van der Waals surface area contributed by atoms with Crippen LogP contribution in [0.5, 0.6) is 0 Å². The lowest BCUT2D eigenvalue weighted by Gasteiger charge is -2.04. The fourth-order valence-corrected chi connectivity index (χ4v) is 4.92. The first-order chi connectivity index (χ1) is 13.2. The van der Waals surface area contributed by atoms with Crippen molar-refractivity contribution in [3.8, 4) is 11.3 Å². The summed E-state index contributed by atoms with van der Waals surface area (Å²) in [7, 11) is 0. The van der Waals surface area contributed by atoms with Crippen LogP contribution in [0.1, 0.15) is 10.4 Å². The third kappa shape index (κ3) is 4.18. The van der Waals surface area contributed by atoms with Gasteiger partial charge in [0.25, 0.3) is 0 Å². The largest absolute Gasteiger partial charge is 0.350 e. The van der Waals surface area contributed by atoms with Crippen molar-refractivity contribution < 1.29 is 4.79 Å². The quantitative estimate of drug-likeness (QED) is 0.372. The molecular weight excluding hydrogens is 396 g/mol. The number of hydrogen-bond donors (Lipinski definition) is 1. The van der Waals surface area contributed by atoms with Crippen molar-refractivity contribution in [2.45, 2.75) is 18.5 Å². The summed E-state index contributed by atoms with van der Waals surface area (Å²) in [6, 6.07) is 12.2. The molecule has 4 aromatic rings. The molecule has 5 nitrogen and oxygen atoms in total. The molecule has 0 aliphatic carbocycles. The van der Waals surface area contributed by atoms with E-state index in [-0.39, 0.29) is 5.91 Å². The molecular formula is C19H16N4OS3. The molecule has 0 bridgehead atoms. The van der Waals surface area contributed by atoms with E-state index in [1.165, 1.54) is 28.9 Å². The molecule has 1 aromatic carbocycles. The first kappa shape index (κ1) is 18.1. The van der Waals surface area contributed by atoms with Crippen LogP contribution in [-0.4, -0.2) is 26.0 Å². The highest BCUT2D eigenvalue weighted by molar-refractivity contribution is 8.00. The van der Waals surface area contributed by atoms with E-state index >= 15 is 0 Å². The van der Waals surface area contributed by atoms with Crippen LogP contribution < -0.4 is 5.32 Å². The van der Waals surface area contributed by atoms with Crippen LogP contribution >= 0.6 is 34.6 Å². The highest BCUT2D eigenvalue weighted by atomic mass is 32.2. The van der Waals surface area contributed by atoms with Crippen molar-refractivity contribution in [3.05, 3.63) is 58.5 Å². The number of aromatic nitrogens is 3. The van der Waals surface area contributed by atoms with Crippen LogP contribution in [0.2, 0.25) is 0 Å². The van der Waals surface area contributed by atoms with Crippen molar-refractivity contribution in [3.63, 3.8) is 0 Å². The van der Waals surface area contributed by atoms with Crippen molar-refractivity contribution in [1.82, 2.24) is 19.7 Å². The zero-order valence-corrected chi connectivity index (χ0v) is 17.0. The molecule has 3 heterocycles. The van der Waals surface area contributed by atoms with Gasteiger partial charge in [-0.15, -0.1) is 11.3 Å². The topological polar surface area (TPSA) is 67.8 Å².